The lowest BCUT2D eigenvalue weighted by Crippen LogP contribution is -2.38. The molecule has 6 aromatic rings. The monoisotopic (exact) mass is 680 g/mol. The van der Waals surface area contributed by atoms with E-state index in [-0.39, 0.29) is 11.0 Å². The lowest BCUT2D eigenvalue weighted by atomic mass is 10.0. The van der Waals surface area contributed by atoms with Crippen LogP contribution in [-0.4, -0.2) is 11.0 Å². The third-order valence-corrected chi connectivity index (χ3v) is 16.7. The normalized spacial score (nSPS) is 11.7. The van der Waals surface area contributed by atoms with Gasteiger partial charge in [0.25, 0.3) is 0 Å². The number of rotatable bonds is 10. The molecule has 0 aliphatic heterocycles. The van der Waals surface area contributed by atoms with Crippen molar-refractivity contribution in [3.8, 4) is 0 Å². The minimum Gasteiger partial charge on any atom is -0.243 e. The van der Waals surface area contributed by atoms with Gasteiger partial charge in [0, 0.05) is 0 Å². The van der Waals surface area contributed by atoms with Crippen LogP contribution in [0, 0.1) is 41.5 Å². The topological polar surface area (TPSA) is 43.4 Å². The largest absolute Gasteiger partial charge is 0.343 e. The zero-order valence-corrected chi connectivity index (χ0v) is 30.8. The molecule has 0 radical (unpaired) electrons. The summed E-state index contributed by atoms with van der Waals surface area (Å²) < 4.78 is 8.01. The third-order valence-electron chi connectivity index (χ3n) is 9.08. The van der Waals surface area contributed by atoms with E-state index >= 15 is 9.59 Å². The molecule has 244 valence electrons. The van der Waals surface area contributed by atoms with E-state index in [2.05, 4.69) is 24.3 Å². The molecular formula is C44H42O3P2+2. The Bertz CT molecular complexity index is 1850. The zero-order chi connectivity index (χ0) is 34.8. The molecule has 49 heavy (non-hydrogen) atoms. The van der Waals surface area contributed by atoms with Gasteiger partial charge in [-0.2, -0.15) is 0 Å². The van der Waals surface area contributed by atoms with Gasteiger partial charge in [0.05, 0.1) is 11.1 Å². The van der Waals surface area contributed by atoms with E-state index in [1.54, 1.807) is 0 Å². The van der Waals surface area contributed by atoms with Crippen LogP contribution in [-0.2, 0) is 4.31 Å². The van der Waals surface area contributed by atoms with Crippen molar-refractivity contribution in [1.82, 2.24) is 0 Å². The Hall–Kier alpha value is -4.52. The molecule has 0 amide bonds. The van der Waals surface area contributed by atoms with E-state index in [1.165, 1.54) is 0 Å². The molecule has 6 aromatic carbocycles. The second-order valence-electron chi connectivity index (χ2n) is 12.8. The molecule has 0 fully saturated rings. The molecule has 0 atom stereocenters. The number of benzene rings is 6. The molecule has 0 N–H and O–H groups in total. The van der Waals surface area contributed by atoms with Crippen LogP contribution in [0.15, 0.2) is 146 Å². The minimum atomic E-state index is -3.56. The molecule has 0 saturated heterocycles. The first-order valence-electron chi connectivity index (χ1n) is 16.6. The van der Waals surface area contributed by atoms with Crippen LogP contribution in [0.25, 0.3) is 0 Å². The molecule has 5 heteroatoms. The first kappa shape index (κ1) is 34.3. The quantitative estimate of drug-likeness (QED) is 0.135. The smallest absolute Gasteiger partial charge is 0.243 e. The molecular weight excluding hydrogens is 638 g/mol. The first-order valence-corrected chi connectivity index (χ1v) is 20.0. The fraction of sp³-hybridized carbons (Fsp3) is 0.136. The van der Waals surface area contributed by atoms with Crippen molar-refractivity contribution in [1.29, 1.82) is 0 Å². The van der Waals surface area contributed by atoms with Gasteiger partial charge in [-0.15, -0.1) is 0 Å². The summed E-state index contributed by atoms with van der Waals surface area (Å²) in [6.45, 7) is 12.1. The molecule has 0 saturated carbocycles. The Balaban J connectivity index is 1.80. The summed E-state index contributed by atoms with van der Waals surface area (Å²) in [6.07, 6.45) is 0. The highest BCUT2D eigenvalue weighted by atomic mass is 31.3. The molecule has 0 bridgehead atoms. The summed E-state index contributed by atoms with van der Waals surface area (Å²) in [5.41, 5.74) is 6.83. The van der Waals surface area contributed by atoms with Gasteiger partial charge < -0.3 is 0 Å². The van der Waals surface area contributed by atoms with Crippen LogP contribution >= 0.6 is 15.0 Å². The fourth-order valence-electron chi connectivity index (χ4n) is 7.11. The predicted octanol–water partition coefficient (Wildman–Crippen LogP) is 9.70. The highest BCUT2D eigenvalue weighted by molar-refractivity contribution is 8.10. The Labute approximate surface area is 291 Å². The summed E-state index contributed by atoms with van der Waals surface area (Å²) in [5.74, 6) is 0. The summed E-state index contributed by atoms with van der Waals surface area (Å²) >= 11 is 0. The molecule has 0 aliphatic rings. The minimum absolute atomic E-state index is 0.0960. The van der Waals surface area contributed by atoms with Crippen molar-refractivity contribution >= 4 is 47.2 Å². The molecule has 6 rings (SSSR count). The van der Waals surface area contributed by atoms with Crippen LogP contribution in [0.5, 0.6) is 0 Å². The van der Waals surface area contributed by atoms with Gasteiger partial charge in [0.1, 0.15) is 21.2 Å². The van der Waals surface area contributed by atoms with Crippen molar-refractivity contribution in [3.63, 3.8) is 0 Å². The Kier molecular flexibility index (Phi) is 9.91. The number of hydrogen-bond acceptors (Lipinski definition) is 3. The van der Waals surface area contributed by atoms with E-state index in [0.29, 0.717) is 11.1 Å². The van der Waals surface area contributed by atoms with Crippen molar-refractivity contribution in [3.05, 3.63) is 190 Å². The van der Waals surface area contributed by atoms with Gasteiger partial charge in [-0.05, 0) is 112 Å². The Morgan fingerprint density at radius 2 is 0.612 bits per heavy atom. The van der Waals surface area contributed by atoms with Crippen molar-refractivity contribution in [2.75, 3.05) is 0 Å². The second kappa shape index (κ2) is 14.1. The molecule has 0 aromatic heterocycles. The summed E-state index contributed by atoms with van der Waals surface area (Å²) in [6, 6.07) is 47.7. The molecule has 3 nitrogen and oxygen atoms in total. The van der Waals surface area contributed by atoms with Gasteiger partial charge in [-0.1, -0.05) is 112 Å². The maximum atomic E-state index is 15.9. The van der Waals surface area contributed by atoms with E-state index in [1.807, 2.05) is 163 Å². The number of carbonyl (C=O) groups is 2. The van der Waals surface area contributed by atoms with Gasteiger partial charge in [0.15, 0.2) is 0 Å². The van der Waals surface area contributed by atoms with E-state index in [4.69, 9.17) is 4.31 Å². The lowest BCUT2D eigenvalue weighted by molar-refractivity contribution is 0.107. The third kappa shape index (κ3) is 6.24. The number of aryl methyl sites for hydroxylation is 6. The number of carbonyl (C=O) groups excluding carboxylic acids is 2. The highest BCUT2D eigenvalue weighted by Gasteiger charge is 2.69. The van der Waals surface area contributed by atoms with E-state index < -0.39 is 15.0 Å². The van der Waals surface area contributed by atoms with Crippen LogP contribution in [0.3, 0.4) is 0 Å². The summed E-state index contributed by atoms with van der Waals surface area (Å²) in [7, 11) is -7.12. The lowest BCUT2D eigenvalue weighted by Gasteiger charge is -2.30. The maximum Gasteiger partial charge on any atom is 0.343 e. The van der Waals surface area contributed by atoms with E-state index in [0.717, 1.165) is 54.6 Å². The molecule has 0 heterocycles. The van der Waals surface area contributed by atoms with Crippen molar-refractivity contribution in [2.45, 2.75) is 41.5 Å². The van der Waals surface area contributed by atoms with Crippen molar-refractivity contribution in [2.24, 2.45) is 0 Å². The average Bonchev–Trinajstić information content (AvgIpc) is 3.09. The fourth-order valence-corrected chi connectivity index (χ4v) is 15.9. The maximum absolute atomic E-state index is 15.9. The highest BCUT2D eigenvalue weighted by Crippen LogP contribution is 2.76. The Morgan fingerprint density at radius 3 is 0.837 bits per heavy atom. The molecule has 0 unspecified atom stereocenters. The molecule has 0 aliphatic carbocycles. The van der Waals surface area contributed by atoms with Crippen LogP contribution in [0.2, 0.25) is 0 Å². The Morgan fingerprint density at radius 1 is 0.388 bits per heavy atom. The van der Waals surface area contributed by atoms with E-state index in [9.17, 15) is 0 Å². The second-order valence-corrected chi connectivity index (χ2v) is 18.8. The molecule has 0 spiro atoms. The van der Waals surface area contributed by atoms with Gasteiger partial charge in [-0.25, -0.2) is 9.59 Å². The summed E-state index contributed by atoms with van der Waals surface area (Å²) in [4.78, 5) is 31.9. The van der Waals surface area contributed by atoms with Crippen LogP contribution in [0.4, 0.5) is 0 Å². The average molecular weight is 681 g/mol. The summed E-state index contributed by atoms with van der Waals surface area (Å²) in [5, 5.41) is 3.08. The predicted molar refractivity (Wildman–Crippen MR) is 209 cm³/mol. The SMILES string of the molecule is Cc1cc(C)c(C(=O)[P+](O[P+](C(=O)c2c(C)cc(C)cc2C)(c2ccccc2)c2ccccc2)(c2ccccc2)c2ccccc2)c(C)c1. The van der Waals surface area contributed by atoms with Gasteiger partial charge in [-0.3, -0.25) is 0 Å². The standard InChI is InChI=1S/C44H42O3P2/c1-31-27-33(3)41(34(4)28-31)43(45)48(37-19-11-7-12-20-37,38-21-13-8-14-22-38)47-49(39-23-15-9-16-24-39,40-25-17-10-18-26-40)44(46)42-35(5)29-32(2)30-36(42)6/h7-30H,1-6H3/q+2. The van der Waals surface area contributed by atoms with Crippen LogP contribution in [0.1, 0.15) is 54.1 Å². The number of hydrogen-bond donors (Lipinski definition) is 0. The van der Waals surface area contributed by atoms with Crippen molar-refractivity contribution < 1.29 is 13.9 Å². The zero-order valence-electron chi connectivity index (χ0n) is 29.0. The van der Waals surface area contributed by atoms with Gasteiger partial charge >= 0.3 is 26.0 Å². The first-order chi connectivity index (χ1) is 23.6. The van der Waals surface area contributed by atoms with Crippen LogP contribution < -0.4 is 21.2 Å². The van der Waals surface area contributed by atoms with Gasteiger partial charge in [0.2, 0.25) is 0 Å².